The second-order valence-corrected chi connectivity index (χ2v) is 6.40. The van der Waals surface area contributed by atoms with Crippen LogP contribution in [-0.2, 0) is 21.7 Å². The molecule has 0 aliphatic heterocycles. The zero-order valence-electron chi connectivity index (χ0n) is 14.1. The summed E-state index contributed by atoms with van der Waals surface area (Å²) in [4.78, 5) is 23.4. The first kappa shape index (κ1) is 16.8. The van der Waals surface area contributed by atoms with E-state index in [9.17, 15) is 14.7 Å². The van der Waals surface area contributed by atoms with E-state index in [4.69, 9.17) is 0 Å². The molecule has 2 N–H and O–H groups in total. The van der Waals surface area contributed by atoms with Gasteiger partial charge in [0.25, 0.3) is 0 Å². The zero-order chi connectivity index (χ0) is 18.0. The number of carbonyl (C=O) groups excluding carboxylic acids is 1. The van der Waals surface area contributed by atoms with Crippen LogP contribution in [0.3, 0.4) is 0 Å². The third-order valence-electron chi connectivity index (χ3n) is 4.22. The SMILES string of the molecule is CC(C)(C(=O)O)n1cc(NC(=O)CCn2ccc3ccccc32)cn1. The van der Waals surface area contributed by atoms with E-state index in [0.29, 0.717) is 18.7 Å². The summed E-state index contributed by atoms with van der Waals surface area (Å²) < 4.78 is 3.36. The fourth-order valence-electron chi connectivity index (χ4n) is 2.57. The molecule has 0 saturated carbocycles. The number of aromatic nitrogens is 3. The summed E-state index contributed by atoms with van der Waals surface area (Å²) in [5.74, 6) is -1.14. The Balaban J connectivity index is 1.62. The third-order valence-corrected chi connectivity index (χ3v) is 4.22. The maximum absolute atomic E-state index is 12.2. The van der Waals surface area contributed by atoms with Gasteiger partial charge in [-0.1, -0.05) is 18.2 Å². The van der Waals surface area contributed by atoms with Gasteiger partial charge in [-0.15, -0.1) is 0 Å². The number of nitrogens with one attached hydrogen (secondary N) is 1. The number of carboxylic acids is 1. The fraction of sp³-hybridized carbons (Fsp3) is 0.278. The number of nitrogens with zero attached hydrogens (tertiary/aromatic N) is 3. The minimum atomic E-state index is -1.17. The molecule has 3 rings (SSSR count). The summed E-state index contributed by atoms with van der Waals surface area (Å²) in [6.45, 7) is 3.66. The van der Waals surface area contributed by atoms with Crippen LogP contribution >= 0.6 is 0 Å². The van der Waals surface area contributed by atoms with Crippen LogP contribution in [0.25, 0.3) is 10.9 Å². The van der Waals surface area contributed by atoms with Gasteiger partial charge in [0.15, 0.2) is 5.54 Å². The molecule has 2 heterocycles. The number of amides is 1. The third kappa shape index (κ3) is 3.40. The number of anilines is 1. The second kappa shape index (κ2) is 6.43. The van der Waals surface area contributed by atoms with Crippen LogP contribution in [-0.4, -0.2) is 31.3 Å². The van der Waals surface area contributed by atoms with Gasteiger partial charge in [0.1, 0.15) is 0 Å². The van der Waals surface area contributed by atoms with E-state index in [1.54, 1.807) is 13.8 Å². The highest BCUT2D eigenvalue weighted by Crippen LogP contribution is 2.18. The summed E-state index contributed by atoms with van der Waals surface area (Å²) in [6, 6.07) is 10.0. The average Bonchev–Trinajstić information content (AvgIpc) is 3.20. The quantitative estimate of drug-likeness (QED) is 0.722. The highest BCUT2D eigenvalue weighted by atomic mass is 16.4. The summed E-state index contributed by atoms with van der Waals surface area (Å²) in [6.07, 6.45) is 5.25. The number of rotatable bonds is 6. The highest BCUT2D eigenvalue weighted by Gasteiger charge is 2.30. The van der Waals surface area contributed by atoms with Gasteiger partial charge in [0.05, 0.1) is 11.9 Å². The molecule has 2 aromatic heterocycles. The van der Waals surface area contributed by atoms with E-state index in [2.05, 4.69) is 10.4 Å². The van der Waals surface area contributed by atoms with Crippen LogP contribution in [0, 0.1) is 0 Å². The summed E-state index contributed by atoms with van der Waals surface area (Å²) in [7, 11) is 0. The van der Waals surface area contributed by atoms with E-state index in [0.717, 1.165) is 10.9 Å². The lowest BCUT2D eigenvalue weighted by Gasteiger charge is -2.19. The predicted octanol–water partition coefficient (Wildman–Crippen LogP) is 2.69. The van der Waals surface area contributed by atoms with Crippen molar-refractivity contribution in [1.29, 1.82) is 0 Å². The Bertz CT molecular complexity index is 923. The number of carbonyl (C=O) groups is 2. The first-order valence-electron chi connectivity index (χ1n) is 8.00. The lowest BCUT2D eigenvalue weighted by molar-refractivity contribution is -0.146. The Morgan fingerprint density at radius 1 is 1.24 bits per heavy atom. The molecule has 0 radical (unpaired) electrons. The number of aliphatic carboxylic acids is 1. The van der Waals surface area contributed by atoms with E-state index < -0.39 is 11.5 Å². The van der Waals surface area contributed by atoms with E-state index in [-0.39, 0.29) is 5.91 Å². The molecular weight excluding hydrogens is 320 g/mol. The monoisotopic (exact) mass is 340 g/mol. The van der Waals surface area contributed by atoms with Crippen molar-refractivity contribution in [1.82, 2.24) is 14.3 Å². The highest BCUT2D eigenvalue weighted by molar-refractivity contribution is 5.90. The number of para-hydroxylation sites is 1. The van der Waals surface area contributed by atoms with Crippen molar-refractivity contribution in [2.24, 2.45) is 0 Å². The molecule has 7 nitrogen and oxygen atoms in total. The Morgan fingerprint density at radius 3 is 2.76 bits per heavy atom. The second-order valence-electron chi connectivity index (χ2n) is 6.40. The lowest BCUT2D eigenvalue weighted by Crippen LogP contribution is -2.35. The molecule has 0 fully saturated rings. The minimum Gasteiger partial charge on any atom is -0.479 e. The fourth-order valence-corrected chi connectivity index (χ4v) is 2.57. The van der Waals surface area contributed by atoms with Gasteiger partial charge in [0.2, 0.25) is 5.91 Å². The van der Waals surface area contributed by atoms with Gasteiger partial charge in [-0.05, 0) is 31.4 Å². The molecule has 130 valence electrons. The van der Waals surface area contributed by atoms with Crippen LogP contribution in [0.15, 0.2) is 48.9 Å². The van der Waals surface area contributed by atoms with Crippen molar-refractivity contribution < 1.29 is 14.7 Å². The van der Waals surface area contributed by atoms with Gasteiger partial charge in [-0.2, -0.15) is 5.10 Å². The molecule has 7 heteroatoms. The molecule has 1 aromatic carbocycles. The van der Waals surface area contributed by atoms with Crippen molar-refractivity contribution in [3.05, 3.63) is 48.9 Å². The first-order valence-corrected chi connectivity index (χ1v) is 8.00. The first-order chi connectivity index (χ1) is 11.9. The van der Waals surface area contributed by atoms with Gasteiger partial charge in [-0.3, -0.25) is 9.48 Å². The number of hydrogen-bond donors (Lipinski definition) is 2. The lowest BCUT2D eigenvalue weighted by atomic mass is 10.1. The topological polar surface area (TPSA) is 89.1 Å². The standard InChI is InChI=1S/C18H20N4O3/c1-18(2,17(24)25)22-12-14(11-19-22)20-16(23)8-10-21-9-7-13-5-3-4-6-15(13)21/h3-7,9,11-12H,8,10H2,1-2H3,(H,20,23)(H,24,25). The van der Waals surface area contributed by atoms with Crippen LogP contribution in [0.1, 0.15) is 20.3 Å². The summed E-state index contributed by atoms with van der Waals surface area (Å²) in [5.41, 5.74) is 0.399. The van der Waals surface area contributed by atoms with Crippen molar-refractivity contribution in [3.63, 3.8) is 0 Å². The molecule has 0 saturated heterocycles. The largest absolute Gasteiger partial charge is 0.479 e. The molecule has 0 aliphatic carbocycles. The molecule has 0 unspecified atom stereocenters. The molecule has 3 aromatic rings. The molecule has 0 atom stereocenters. The van der Waals surface area contributed by atoms with E-state index >= 15 is 0 Å². The molecule has 1 amide bonds. The number of fused-ring (bicyclic) bond motifs is 1. The molecule has 25 heavy (non-hydrogen) atoms. The van der Waals surface area contributed by atoms with Gasteiger partial charge >= 0.3 is 5.97 Å². The Hall–Kier alpha value is -3.09. The van der Waals surface area contributed by atoms with Crippen molar-refractivity contribution in [2.75, 3.05) is 5.32 Å². The van der Waals surface area contributed by atoms with Crippen molar-refractivity contribution in [3.8, 4) is 0 Å². The van der Waals surface area contributed by atoms with Gasteiger partial charge in [0, 0.05) is 30.9 Å². The number of carboxylic acid groups (broad SMARTS) is 1. The Kier molecular flexibility index (Phi) is 4.31. The van der Waals surface area contributed by atoms with Crippen molar-refractivity contribution in [2.45, 2.75) is 32.4 Å². The molecule has 0 spiro atoms. The molecule has 0 aliphatic rings. The maximum atomic E-state index is 12.2. The molecular formula is C18H20N4O3. The Morgan fingerprint density at radius 2 is 2.00 bits per heavy atom. The maximum Gasteiger partial charge on any atom is 0.331 e. The van der Waals surface area contributed by atoms with Crippen LogP contribution in [0.4, 0.5) is 5.69 Å². The van der Waals surface area contributed by atoms with Crippen molar-refractivity contribution >= 4 is 28.5 Å². The van der Waals surface area contributed by atoms with E-state index in [1.807, 2.05) is 41.1 Å². The smallest absolute Gasteiger partial charge is 0.331 e. The Labute approximate surface area is 144 Å². The van der Waals surface area contributed by atoms with Crippen LogP contribution < -0.4 is 5.32 Å². The van der Waals surface area contributed by atoms with Gasteiger partial charge in [-0.25, -0.2) is 4.79 Å². The van der Waals surface area contributed by atoms with E-state index in [1.165, 1.54) is 17.1 Å². The predicted molar refractivity (Wildman–Crippen MR) is 94.4 cm³/mol. The average molecular weight is 340 g/mol. The van der Waals surface area contributed by atoms with Crippen LogP contribution in [0.2, 0.25) is 0 Å². The summed E-state index contributed by atoms with van der Waals surface area (Å²) in [5, 5.41) is 17.1. The number of aryl methyl sites for hydroxylation is 1. The normalized spacial score (nSPS) is 11.6. The zero-order valence-corrected chi connectivity index (χ0v) is 14.1. The van der Waals surface area contributed by atoms with Gasteiger partial charge < -0.3 is 15.0 Å². The number of benzene rings is 1. The number of hydrogen-bond acceptors (Lipinski definition) is 3. The molecule has 0 bridgehead atoms. The summed E-state index contributed by atoms with van der Waals surface area (Å²) >= 11 is 0. The minimum absolute atomic E-state index is 0.148. The van der Waals surface area contributed by atoms with Crippen LogP contribution in [0.5, 0.6) is 0 Å².